The molecule has 0 radical (unpaired) electrons. The maximum absolute atomic E-state index is 5.83. The lowest BCUT2D eigenvalue weighted by atomic mass is 10.3. The van der Waals surface area contributed by atoms with E-state index in [4.69, 9.17) is 27.9 Å². The SMILES string of the molecule is CCCOCc1ccc(Cl)nc1Cl. The van der Waals surface area contributed by atoms with E-state index in [-0.39, 0.29) is 0 Å². The monoisotopic (exact) mass is 219 g/mol. The zero-order valence-electron chi connectivity index (χ0n) is 7.39. The van der Waals surface area contributed by atoms with E-state index in [1.54, 1.807) is 6.07 Å². The number of aromatic nitrogens is 1. The predicted molar refractivity (Wildman–Crippen MR) is 54.2 cm³/mol. The molecule has 0 bridgehead atoms. The van der Waals surface area contributed by atoms with E-state index in [2.05, 4.69) is 11.9 Å². The second kappa shape index (κ2) is 5.43. The molecule has 0 atom stereocenters. The number of hydrogen-bond donors (Lipinski definition) is 0. The highest BCUT2D eigenvalue weighted by Gasteiger charge is 2.01. The highest BCUT2D eigenvalue weighted by molar-refractivity contribution is 6.32. The Kier molecular flexibility index (Phi) is 4.50. The molecule has 0 spiro atoms. The van der Waals surface area contributed by atoms with Gasteiger partial charge in [-0.05, 0) is 12.5 Å². The van der Waals surface area contributed by atoms with Crippen molar-refractivity contribution in [2.24, 2.45) is 0 Å². The van der Waals surface area contributed by atoms with Crippen LogP contribution < -0.4 is 0 Å². The van der Waals surface area contributed by atoms with E-state index in [0.717, 1.165) is 18.6 Å². The minimum atomic E-state index is 0.407. The molecule has 1 aromatic heterocycles. The summed E-state index contributed by atoms with van der Waals surface area (Å²) in [6, 6.07) is 3.53. The Bertz CT molecular complexity index is 278. The fourth-order valence-corrected chi connectivity index (χ4v) is 1.27. The number of halogens is 2. The van der Waals surface area contributed by atoms with Crippen LogP contribution in [0.1, 0.15) is 18.9 Å². The minimum absolute atomic E-state index is 0.407. The lowest BCUT2D eigenvalue weighted by Crippen LogP contribution is -1.96. The fourth-order valence-electron chi connectivity index (χ4n) is 0.875. The van der Waals surface area contributed by atoms with Gasteiger partial charge in [-0.3, -0.25) is 0 Å². The minimum Gasteiger partial charge on any atom is -0.377 e. The fraction of sp³-hybridized carbons (Fsp3) is 0.444. The maximum atomic E-state index is 5.83. The number of rotatable bonds is 4. The van der Waals surface area contributed by atoms with E-state index < -0.39 is 0 Å². The molecule has 13 heavy (non-hydrogen) atoms. The normalized spacial score (nSPS) is 10.4. The molecule has 0 aromatic carbocycles. The molecule has 0 aliphatic heterocycles. The molecule has 1 aromatic rings. The molecule has 4 heteroatoms. The van der Waals surface area contributed by atoms with Gasteiger partial charge in [0.15, 0.2) is 0 Å². The van der Waals surface area contributed by atoms with E-state index >= 15 is 0 Å². The molecule has 0 unspecified atom stereocenters. The van der Waals surface area contributed by atoms with Gasteiger partial charge in [0.05, 0.1) is 6.61 Å². The van der Waals surface area contributed by atoms with Crippen LogP contribution in [0.3, 0.4) is 0 Å². The van der Waals surface area contributed by atoms with E-state index in [9.17, 15) is 0 Å². The quantitative estimate of drug-likeness (QED) is 0.573. The molecule has 72 valence electrons. The van der Waals surface area contributed by atoms with Crippen LogP contribution >= 0.6 is 23.2 Å². The average Bonchev–Trinajstić information content (AvgIpc) is 2.09. The first-order chi connectivity index (χ1) is 6.24. The Morgan fingerprint density at radius 1 is 1.38 bits per heavy atom. The molecule has 0 aliphatic carbocycles. The van der Waals surface area contributed by atoms with Gasteiger partial charge in [0.1, 0.15) is 10.3 Å². The van der Waals surface area contributed by atoms with Gasteiger partial charge in [-0.25, -0.2) is 4.98 Å². The average molecular weight is 220 g/mol. The number of ether oxygens (including phenoxy) is 1. The second-order valence-corrected chi connectivity index (χ2v) is 3.38. The Morgan fingerprint density at radius 3 is 2.77 bits per heavy atom. The van der Waals surface area contributed by atoms with Crippen LogP contribution in [-0.2, 0) is 11.3 Å². The van der Waals surface area contributed by atoms with E-state index in [1.165, 1.54) is 0 Å². The van der Waals surface area contributed by atoms with E-state index in [1.807, 2.05) is 6.07 Å². The van der Waals surface area contributed by atoms with Crippen molar-refractivity contribution >= 4 is 23.2 Å². The topological polar surface area (TPSA) is 22.1 Å². The summed E-state index contributed by atoms with van der Waals surface area (Å²) in [5.74, 6) is 0. The third-order valence-electron chi connectivity index (χ3n) is 1.50. The molecule has 0 N–H and O–H groups in total. The molecule has 2 nitrogen and oxygen atoms in total. The Morgan fingerprint density at radius 2 is 2.15 bits per heavy atom. The first-order valence-electron chi connectivity index (χ1n) is 4.12. The van der Waals surface area contributed by atoms with Crippen LogP contribution in [0.5, 0.6) is 0 Å². The lowest BCUT2D eigenvalue weighted by molar-refractivity contribution is 0.121. The Hall–Kier alpha value is -0.310. The van der Waals surface area contributed by atoms with Crippen LogP contribution in [0.2, 0.25) is 10.3 Å². The summed E-state index contributed by atoms with van der Waals surface area (Å²) < 4.78 is 5.32. The number of pyridine rings is 1. The molecule has 0 fully saturated rings. The van der Waals surface area contributed by atoms with Crippen molar-refractivity contribution in [2.75, 3.05) is 6.61 Å². The summed E-state index contributed by atoms with van der Waals surface area (Å²) in [5.41, 5.74) is 0.875. The summed E-state index contributed by atoms with van der Waals surface area (Å²) in [4.78, 5) is 3.90. The van der Waals surface area contributed by atoms with Crippen molar-refractivity contribution < 1.29 is 4.74 Å². The first-order valence-corrected chi connectivity index (χ1v) is 4.88. The smallest absolute Gasteiger partial charge is 0.136 e. The number of nitrogens with zero attached hydrogens (tertiary/aromatic N) is 1. The van der Waals surface area contributed by atoms with Crippen LogP contribution in [0.4, 0.5) is 0 Å². The van der Waals surface area contributed by atoms with Crippen molar-refractivity contribution in [3.8, 4) is 0 Å². The molecule has 1 heterocycles. The third kappa shape index (κ3) is 3.51. The first kappa shape index (κ1) is 10.8. The zero-order valence-corrected chi connectivity index (χ0v) is 8.90. The number of hydrogen-bond acceptors (Lipinski definition) is 2. The lowest BCUT2D eigenvalue weighted by Gasteiger charge is -2.04. The van der Waals surface area contributed by atoms with Crippen LogP contribution in [0, 0.1) is 0 Å². The summed E-state index contributed by atoms with van der Waals surface area (Å²) in [6.07, 6.45) is 0.999. The molecule has 0 aliphatic rings. The molecule has 1 rings (SSSR count). The highest BCUT2D eigenvalue weighted by Crippen LogP contribution is 2.17. The van der Waals surface area contributed by atoms with Gasteiger partial charge in [0, 0.05) is 12.2 Å². The van der Waals surface area contributed by atoms with Gasteiger partial charge in [-0.15, -0.1) is 0 Å². The maximum Gasteiger partial charge on any atom is 0.136 e. The van der Waals surface area contributed by atoms with Crippen LogP contribution in [-0.4, -0.2) is 11.6 Å². The van der Waals surface area contributed by atoms with Gasteiger partial charge in [0.25, 0.3) is 0 Å². The molecule has 0 amide bonds. The Labute approximate surface area is 87.8 Å². The van der Waals surface area contributed by atoms with Gasteiger partial charge < -0.3 is 4.74 Å². The predicted octanol–water partition coefficient (Wildman–Crippen LogP) is 3.32. The van der Waals surface area contributed by atoms with Gasteiger partial charge in [-0.1, -0.05) is 36.2 Å². The molecular weight excluding hydrogens is 209 g/mol. The van der Waals surface area contributed by atoms with E-state index in [0.29, 0.717) is 16.9 Å². The van der Waals surface area contributed by atoms with Crippen LogP contribution in [0.25, 0.3) is 0 Å². The largest absolute Gasteiger partial charge is 0.377 e. The van der Waals surface area contributed by atoms with Gasteiger partial charge in [0.2, 0.25) is 0 Å². The molecule has 0 saturated carbocycles. The standard InChI is InChI=1S/C9H11Cl2NO/c1-2-5-13-6-7-3-4-8(10)12-9(7)11/h3-4H,2,5-6H2,1H3. The van der Waals surface area contributed by atoms with Crippen molar-refractivity contribution in [3.63, 3.8) is 0 Å². The highest BCUT2D eigenvalue weighted by atomic mass is 35.5. The van der Waals surface area contributed by atoms with Crippen molar-refractivity contribution in [2.45, 2.75) is 20.0 Å². The summed E-state index contributed by atoms with van der Waals surface area (Å²) >= 11 is 11.5. The van der Waals surface area contributed by atoms with Crippen molar-refractivity contribution in [3.05, 3.63) is 28.0 Å². The van der Waals surface area contributed by atoms with Crippen LogP contribution in [0.15, 0.2) is 12.1 Å². The summed E-state index contributed by atoms with van der Waals surface area (Å²) in [6.45, 7) is 3.29. The molecular formula is C9H11Cl2NO. The van der Waals surface area contributed by atoms with Crippen molar-refractivity contribution in [1.82, 2.24) is 4.98 Å². The second-order valence-electron chi connectivity index (χ2n) is 2.64. The zero-order chi connectivity index (χ0) is 9.68. The molecule has 0 saturated heterocycles. The summed E-state index contributed by atoms with van der Waals surface area (Å²) in [5, 5.41) is 0.827. The summed E-state index contributed by atoms with van der Waals surface area (Å²) in [7, 11) is 0. The van der Waals surface area contributed by atoms with Gasteiger partial charge in [-0.2, -0.15) is 0 Å². The Balaban J connectivity index is 2.56. The van der Waals surface area contributed by atoms with Gasteiger partial charge >= 0.3 is 0 Å². The third-order valence-corrected chi connectivity index (χ3v) is 2.04. The van der Waals surface area contributed by atoms with Crippen molar-refractivity contribution in [1.29, 1.82) is 0 Å².